The van der Waals surface area contributed by atoms with Crippen molar-refractivity contribution in [3.8, 4) is 0 Å². The van der Waals surface area contributed by atoms with Crippen LogP contribution in [0.5, 0.6) is 0 Å². The normalized spacial score (nSPS) is 10.4. The van der Waals surface area contributed by atoms with Crippen LogP contribution in [0, 0.1) is 0 Å². The SMILES string of the molecule is CCOC(=O)c1cc(Cc2ccccc2)sc1NC(=O)c1cccc(Cl)c1. The Labute approximate surface area is 166 Å². The highest BCUT2D eigenvalue weighted by Gasteiger charge is 2.20. The Bertz CT molecular complexity index is 953. The zero-order chi connectivity index (χ0) is 19.2. The average molecular weight is 400 g/mol. The molecule has 3 rings (SSSR count). The van der Waals surface area contributed by atoms with Gasteiger partial charge in [0.15, 0.2) is 0 Å². The second kappa shape index (κ2) is 8.84. The number of nitrogens with one attached hydrogen (secondary N) is 1. The van der Waals surface area contributed by atoms with Gasteiger partial charge in [-0.1, -0.05) is 48.0 Å². The lowest BCUT2D eigenvalue weighted by Gasteiger charge is -2.06. The van der Waals surface area contributed by atoms with E-state index in [1.807, 2.05) is 30.3 Å². The van der Waals surface area contributed by atoms with E-state index in [2.05, 4.69) is 5.32 Å². The van der Waals surface area contributed by atoms with E-state index in [0.717, 1.165) is 10.4 Å². The van der Waals surface area contributed by atoms with E-state index in [0.29, 0.717) is 27.6 Å². The molecule has 138 valence electrons. The Balaban J connectivity index is 1.87. The molecule has 2 aromatic carbocycles. The Kier molecular flexibility index (Phi) is 6.27. The Morgan fingerprint density at radius 3 is 2.56 bits per heavy atom. The summed E-state index contributed by atoms with van der Waals surface area (Å²) >= 11 is 7.33. The maximum absolute atomic E-state index is 12.6. The highest BCUT2D eigenvalue weighted by molar-refractivity contribution is 7.16. The summed E-state index contributed by atoms with van der Waals surface area (Å²) < 4.78 is 5.13. The van der Waals surface area contributed by atoms with Crippen molar-refractivity contribution in [3.05, 3.63) is 87.3 Å². The highest BCUT2D eigenvalue weighted by atomic mass is 35.5. The lowest BCUT2D eigenvalue weighted by atomic mass is 10.1. The number of anilines is 1. The molecule has 0 atom stereocenters. The van der Waals surface area contributed by atoms with E-state index < -0.39 is 5.97 Å². The quantitative estimate of drug-likeness (QED) is 0.563. The molecule has 0 radical (unpaired) electrons. The molecule has 27 heavy (non-hydrogen) atoms. The molecule has 1 heterocycles. The van der Waals surface area contributed by atoms with E-state index in [9.17, 15) is 9.59 Å². The summed E-state index contributed by atoms with van der Waals surface area (Å²) in [6.45, 7) is 2.02. The van der Waals surface area contributed by atoms with Crippen LogP contribution in [-0.2, 0) is 11.2 Å². The van der Waals surface area contributed by atoms with E-state index in [1.54, 1.807) is 37.3 Å². The molecule has 3 aromatic rings. The molecular formula is C21H18ClNO3S. The van der Waals surface area contributed by atoms with Gasteiger partial charge in [-0.2, -0.15) is 0 Å². The first-order chi connectivity index (χ1) is 13.1. The fourth-order valence-corrected chi connectivity index (χ4v) is 3.85. The van der Waals surface area contributed by atoms with Gasteiger partial charge in [-0.3, -0.25) is 4.79 Å². The van der Waals surface area contributed by atoms with Crippen molar-refractivity contribution in [1.29, 1.82) is 0 Å². The van der Waals surface area contributed by atoms with Crippen LogP contribution in [-0.4, -0.2) is 18.5 Å². The smallest absolute Gasteiger partial charge is 0.341 e. The molecule has 1 N–H and O–H groups in total. The van der Waals surface area contributed by atoms with Crippen LogP contribution in [0.15, 0.2) is 60.7 Å². The first-order valence-electron chi connectivity index (χ1n) is 8.47. The van der Waals surface area contributed by atoms with Crippen molar-refractivity contribution in [1.82, 2.24) is 0 Å². The van der Waals surface area contributed by atoms with Gasteiger partial charge in [0, 0.05) is 21.9 Å². The molecule has 0 unspecified atom stereocenters. The molecule has 0 aliphatic rings. The highest BCUT2D eigenvalue weighted by Crippen LogP contribution is 2.31. The molecule has 4 nitrogen and oxygen atoms in total. The molecule has 0 saturated heterocycles. The minimum atomic E-state index is -0.450. The predicted octanol–water partition coefficient (Wildman–Crippen LogP) is 5.42. The summed E-state index contributed by atoms with van der Waals surface area (Å²) in [7, 11) is 0. The first kappa shape index (κ1) is 19.1. The second-order valence-corrected chi connectivity index (χ2v) is 7.38. The van der Waals surface area contributed by atoms with Crippen molar-refractivity contribution in [3.63, 3.8) is 0 Å². The van der Waals surface area contributed by atoms with Gasteiger partial charge in [0.25, 0.3) is 5.91 Å². The minimum absolute atomic E-state index is 0.268. The summed E-state index contributed by atoms with van der Waals surface area (Å²) in [5.74, 6) is -0.773. The van der Waals surface area contributed by atoms with Crippen LogP contribution in [0.1, 0.15) is 38.1 Å². The summed E-state index contributed by atoms with van der Waals surface area (Å²) in [4.78, 5) is 25.8. The number of rotatable bonds is 6. The van der Waals surface area contributed by atoms with Crippen molar-refractivity contribution in [2.45, 2.75) is 13.3 Å². The number of carbonyl (C=O) groups excluding carboxylic acids is 2. The average Bonchev–Trinajstić information content (AvgIpc) is 3.05. The third-order valence-corrected chi connectivity index (χ3v) is 5.10. The largest absolute Gasteiger partial charge is 0.462 e. The third-order valence-electron chi connectivity index (χ3n) is 3.81. The van der Waals surface area contributed by atoms with E-state index >= 15 is 0 Å². The molecule has 0 aliphatic carbocycles. The van der Waals surface area contributed by atoms with Crippen molar-refractivity contribution < 1.29 is 14.3 Å². The summed E-state index contributed by atoms with van der Waals surface area (Å²) in [5, 5.41) is 3.77. The monoisotopic (exact) mass is 399 g/mol. The molecule has 0 fully saturated rings. The first-order valence-corrected chi connectivity index (χ1v) is 9.67. The molecule has 0 bridgehead atoms. The lowest BCUT2D eigenvalue weighted by Crippen LogP contribution is -2.14. The fraction of sp³-hybridized carbons (Fsp3) is 0.143. The molecule has 0 saturated carbocycles. The van der Waals surface area contributed by atoms with Crippen molar-refractivity contribution in [2.24, 2.45) is 0 Å². The van der Waals surface area contributed by atoms with E-state index in [1.165, 1.54) is 11.3 Å². The zero-order valence-electron chi connectivity index (χ0n) is 14.7. The standard InChI is InChI=1S/C21H18ClNO3S/c1-2-26-21(25)18-13-17(11-14-7-4-3-5-8-14)27-20(18)23-19(24)15-9-6-10-16(22)12-15/h3-10,12-13H,2,11H2,1H3,(H,23,24). The number of thiophene rings is 1. The lowest BCUT2D eigenvalue weighted by molar-refractivity contribution is 0.0528. The maximum atomic E-state index is 12.6. The van der Waals surface area contributed by atoms with Gasteiger partial charge >= 0.3 is 5.97 Å². The molecule has 0 spiro atoms. The second-order valence-electron chi connectivity index (χ2n) is 5.80. The number of amides is 1. The molecule has 6 heteroatoms. The van der Waals surface area contributed by atoms with Crippen LogP contribution < -0.4 is 5.32 Å². The predicted molar refractivity (Wildman–Crippen MR) is 109 cm³/mol. The molecular weight excluding hydrogens is 382 g/mol. The third kappa shape index (κ3) is 4.96. The summed E-state index contributed by atoms with van der Waals surface area (Å²) in [6.07, 6.45) is 0.672. The number of hydrogen-bond acceptors (Lipinski definition) is 4. The van der Waals surface area contributed by atoms with Gasteiger partial charge in [0.1, 0.15) is 5.00 Å². The van der Waals surface area contributed by atoms with Gasteiger partial charge in [0.05, 0.1) is 12.2 Å². The van der Waals surface area contributed by atoms with Gasteiger partial charge in [-0.25, -0.2) is 4.79 Å². The van der Waals surface area contributed by atoms with Crippen molar-refractivity contribution >= 4 is 39.8 Å². The molecule has 0 aliphatic heterocycles. The minimum Gasteiger partial charge on any atom is -0.462 e. The number of carbonyl (C=O) groups is 2. The Morgan fingerprint density at radius 2 is 1.85 bits per heavy atom. The summed E-state index contributed by atoms with van der Waals surface area (Å²) in [6, 6.07) is 18.4. The number of esters is 1. The summed E-state index contributed by atoms with van der Waals surface area (Å²) in [5.41, 5.74) is 1.92. The van der Waals surface area contributed by atoms with Gasteiger partial charge in [-0.15, -0.1) is 11.3 Å². The van der Waals surface area contributed by atoms with Gasteiger partial charge in [-0.05, 0) is 36.8 Å². The number of halogens is 1. The number of hydrogen-bond donors (Lipinski definition) is 1. The van der Waals surface area contributed by atoms with E-state index in [-0.39, 0.29) is 12.5 Å². The zero-order valence-corrected chi connectivity index (χ0v) is 16.3. The Morgan fingerprint density at radius 1 is 1.07 bits per heavy atom. The number of ether oxygens (including phenoxy) is 1. The van der Waals surface area contributed by atoms with Crippen LogP contribution in [0.25, 0.3) is 0 Å². The van der Waals surface area contributed by atoms with Crippen molar-refractivity contribution in [2.75, 3.05) is 11.9 Å². The van der Waals surface area contributed by atoms with E-state index in [4.69, 9.17) is 16.3 Å². The maximum Gasteiger partial charge on any atom is 0.341 e. The van der Waals surface area contributed by atoms with Crippen LogP contribution in [0.2, 0.25) is 5.02 Å². The van der Waals surface area contributed by atoms with Crippen LogP contribution >= 0.6 is 22.9 Å². The number of benzene rings is 2. The van der Waals surface area contributed by atoms with Crippen LogP contribution in [0.4, 0.5) is 5.00 Å². The van der Waals surface area contributed by atoms with Gasteiger partial charge in [0.2, 0.25) is 0 Å². The molecule has 1 amide bonds. The molecule has 1 aromatic heterocycles. The Hall–Kier alpha value is -2.63. The fourth-order valence-electron chi connectivity index (χ4n) is 2.58. The van der Waals surface area contributed by atoms with Crippen LogP contribution in [0.3, 0.4) is 0 Å². The topological polar surface area (TPSA) is 55.4 Å². The van der Waals surface area contributed by atoms with Gasteiger partial charge < -0.3 is 10.1 Å².